The molecule has 68 valence electrons. The van der Waals surface area contributed by atoms with Crippen LogP contribution >= 0.6 is 11.3 Å². The third-order valence-electron chi connectivity index (χ3n) is 2.25. The molecule has 2 aromatic rings. The Morgan fingerprint density at radius 2 is 2.07 bits per heavy atom. The summed E-state index contributed by atoms with van der Waals surface area (Å²) < 4.78 is 0. The van der Waals surface area contributed by atoms with Crippen molar-refractivity contribution < 1.29 is 0 Å². The van der Waals surface area contributed by atoms with Crippen molar-refractivity contribution in [2.24, 2.45) is 0 Å². The van der Waals surface area contributed by atoms with Crippen molar-refractivity contribution >= 4 is 11.3 Å². The third-order valence-corrected chi connectivity index (χ3v) is 2.93. The van der Waals surface area contributed by atoms with Crippen molar-refractivity contribution in [1.29, 1.82) is 0 Å². The Morgan fingerprint density at radius 1 is 1.21 bits per heavy atom. The van der Waals surface area contributed by atoms with E-state index in [4.69, 9.17) is 6.42 Å². The number of hydrogen-bond donors (Lipinski definition) is 0. The summed E-state index contributed by atoms with van der Waals surface area (Å²) in [6, 6.07) is 8.35. The van der Waals surface area contributed by atoms with E-state index < -0.39 is 0 Å². The summed E-state index contributed by atoms with van der Waals surface area (Å²) in [5, 5.41) is 4.20. The second-order valence-electron chi connectivity index (χ2n) is 3.19. The van der Waals surface area contributed by atoms with E-state index in [9.17, 15) is 0 Å². The van der Waals surface area contributed by atoms with E-state index in [1.54, 1.807) is 11.3 Å². The standard InChI is InChI=1S/C13H10S/c1-3-11-8-12(5-4-10(11)2)13-6-7-14-9-13/h1,4-9H,2H3. The smallest absolute Gasteiger partial charge is 0.0277 e. The second kappa shape index (κ2) is 3.69. The molecule has 1 aromatic carbocycles. The van der Waals surface area contributed by atoms with Crippen molar-refractivity contribution in [2.75, 3.05) is 0 Å². The molecule has 0 unspecified atom stereocenters. The fourth-order valence-electron chi connectivity index (χ4n) is 1.39. The van der Waals surface area contributed by atoms with Gasteiger partial charge in [-0.2, -0.15) is 11.3 Å². The first-order chi connectivity index (χ1) is 6.81. The van der Waals surface area contributed by atoms with Gasteiger partial charge in [-0.15, -0.1) is 6.42 Å². The van der Waals surface area contributed by atoms with Crippen molar-refractivity contribution in [3.63, 3.8) is 0 Å². The lowest BCUT2D eigenvalue weighted by Crippen LogP contribution is -1.82. The average molecular weight is 198 g/mol. The first-order valence-corrected chi connectivity index (χ1v) is 5.35. The largest absolute Gasteiger partial charge is 0.152 e. The number of benzene rings is 1. The summed E-state index contributed by atoms with van der Waals surface area (Å²) in [4.78, 5) is 0. The minimum atomic E-state index is 0.980. The van der Waals surface area contributed by atoms with Crippen LogP contribution < -0.4 is 0 Å². The average Bonchev–Trinajstić information content (AvgIpc) is 2.71. The van der Waals surface area contributed by atoms with E-state index in [2.05, 4.69) is 40.9 Å². The normalized spacial score (nSPS) is 9.71. The predicted molar refractivity (Wildman–Crippen MR) is 62.4 cm³/mol. The first kappa shape index (κ1) is 9.05. The van der Waals surface area contributed by atoms with Crippen LogP contribution in [0.4, 0.5) is 0 Å². The molecule has 0 N–H and O–H groups in total. The van der Waals surface area contributed by atoms with Gasteiger partial charge in [0.05, 0.1) is 0 Å². The minimum Gasteiger partial charge on any atom is -0.152 e. The molecule has 0 aliphatic rings. The number of hydrogen-bond acceptors (Lipinski definition) is 1. The van der Waals surface area contributed by atoms with Gasteiger partial charge in [0.1, 0.15) is 0 Å². The van der Waals surface area contributed by atoms with Gasteiger partial charge in [0.2, 0.25) is 0 Å². The Morgan fingerprint density at radius 3 is 2.71 bits per heavy atom. The van der Waals surface area contributed by atoms with Crippen LogP contribution in [0, 0.1) is 19.3 Å². The monoisotopic (exact) mass is 198 g/mol. The highest BCUT2D eigenvalue weighted by Crippen LogP contribution is 2.24. The summed E-state index contributed by atoms with van der Waals surface area (Å²) in [6.45, 7) is 2.03. The van der Waals surface area contributed by atoms with E-state index in [-0.39, 0.29) is 0 Å². The SMILES string of the molecule is C#Cc1cc(-c2ccsc2)ccc1C. The Kier molecular flexibility index (Phi) is 2.39. The molecular weight excluding hydrogens is 188 g/mol. The molecule has 1 aromatic heterocycles. The summed E-state index contributed by atoms with van der Waals surface area (Å²) in [6.07, 6.45) is 5.43. The first-order valence-electron chi connectivity index (χ1n) is 4.41. The molecule has 0 aliphatic heterocycles. The minimum absolute atomic E-state index is 0.980. The van der Waals surface area contributed by atoms with Crippen LogP contribution in [0.2, 0.25) is 0 Å². The van der Waals surface area contributed by atoms with E-state index in [1.807, 2.05) is 6.92 Å². The molecule has 0 radical (unpaired) electrons. The Bertz CT molecular complexity index is 472. The van der Waals surface area contributed by atoms with Crippen molar-refractivity contribution in [1.82, 2.24) is 0 Å². The van der Waals surface area contributed by atoms with Gasteiger partial charge in [-0.05, 0) is 46.5 Å². The topological polar surface area (TPSA) is 0 Å². The summed E-state index contributed by atoms with van der Waals surface area (Å²) in [7, 11) is 0. The number of thiophene rings is 1. The molecule has 2 rings (SSSR count). The van der Waals surface area contributed by atoms with Gasteiger partial charge in [-0.25, -0.2) is 0 Å². The highest BCUT2D eigenvalue weighted by Gasteiger charge is 2.00. The van der Waals surface area contributed by atoms with Crippen LogP contribution in [-0.4, -0.2) is 0 Å². The maximum atomic E-state index is 5.43. The summed E-state index contributed by atoms with van der Waals surface area (Å²) >= 11 is 1.70. The van der Waals surface area contributed by atoms with Gasteiger partial charge in [0.25, 0.3) is 0 Å². The van der Waals surface area contributed by atoms with Crippen molar-refractivity contribution in [2.45, 2.75) is 6.92 Å². The molecule has 1 heteroatoms. The zero-order valence-corrected chi connectivity index (χ0v) is 8.77. The molecule has 0 spiro atoms. The van der Waals surface area contributed by atoms with Crippen LogP contribution in [0.3, 0.4) is 0 Å². The van der Waals surface area contributed by atoms with E-state index in [1.165, 1.54) is 11.1 Å². The Balaban J connectivity index is 2.53. The maximum Gasteiger partial charge on any atom is 0.0277 e. The lowest BCUT2D eigenvalue weighted by atomic mass is 10.0. The highest BCUT2D eigenvalue weighted by atomic mass is 32.1. The predicted octanol–water partition coefficient (Wildman–Crippen LogP) is 3.70. The lowest BCUT2D eigenvalue weighted by molar-refractivity contribution is 1.44. The molecule has 1 heterocycles. The Hall–Kier alpha value is -1.52. The fraction of sp³-hybridized carbons (Fsp3) is 0.0769. The summed E-state index contributed by atoms with van der Waals surface area (Å²) in [5.74, 6) is 2.70. The number of aryl methyl sites for hydroxylation is 1. The molecule has 0 aliphatic carbocycles. The van der Waals surface area contributed by atoms with Crippen LogP contribution in [0.15, 0.2) is 35.0 Å². The second-order valence-corrected chi connectivity index (χ2v) is 3.97. The lowest BCUT2D eigenvalue weighted by Gasteiger charge is -2.02. The van der Waals surface area contributed by atoms with Crippen LogP contribution in [0.5, 0.6) is 0 Å². The van der Waals surface area contributed by atoms with Crippen molar-refractivity contribution in [3.05, 3.63) is 46.2 Å². The Labute approximate surface area is 88.2 Å². The maximum absolute atomic E-state index is 5.43. The zero-order chi connectivity index (χ0) is 9.97. The quantitative estimate of drug-likeness (QED) is 0.613. The fourth-order valence-corrected chi connectivity index (χ4v) is 2.05. The van der Waals surface area contributed by atoms with Gasteiger partial charge < -0.3 is 0 Å². The molecule has 14 heavy (non-hydrogen) atoms. The molecule has 0 bridgehead atoms. The zero-order valence-electron chi connectivity index (χ0n) is 7.95. The van der Waals surface area contributed by atoms with E-state index in [0.717, 1.165) is 11.1 Å². The third kappa shape index (κ3) is 1.57. The van der Waals surface area contributed by atoms with Gasteiger partial charge >= 0.3 is 0 Å². The molecule has 0 amide bonds. The van der Waals surface area contributed by atoms with Gasteiger partial charge in [0, 0.05) is 5.56 Å². The molecule has 0 atom stereocenters. The van der Waals surface area contributed by atoms with E-state index in [0.29, 0.717) is 0 Å². The summed E-state index contributed by atoms with van der Waals surface area (Å²) in [5.41, 5.74) is 4.58. The van der Waals surface area contributed by atoms with E-state index >= 15 is 0 Å². The van der Waals surface area contributed by atoms with Crippen LogP contribution in [0.1, 0.15) is 11.1 Å². The molecule has 0 nitrogen and oxygen atoms in total. The molecular formula is C13H10S. The van der Waals surface area contributed by atoms with Gasteiger partial charge in [-0.3, -0.25) is 0 Å². The van der Waals surface area contributed by atoms with Gasteiger partial charge in [-0.1, -0.05) is 18.1 Å². The molecule has 0 saturated heterocycles. The highest BCUT2D eigenvalue weighted by molar-refractivity contribution is 7.08. The number of rotatable bonds is 1. The van der Waals surface area contributed by atoms with Crippen molar-refractivity contribution in [3.8, 4) is 23.5 Å². The number of terminal acetylenes is 1. The van der Waals surface area contributed by atoms with Gasteiger partial charge in [0.15, 0.2) is 0 Å². The van der Waals surface area contributed by atoms with Crippen LogP contribution in [-0.2, 0) is 0 Å². The molecule has 0 fully saturated rings. The van der Waals surface area contributed by atoms with Crippen LogP contribution in [0.25, 0.3) is 11.1 Å². The molecule has 0 saturated carbocycles.